The molecule has 0 spiro atoms. The molecule has 28 heteroatoms. The van der Waals surface area contributed by atoms with E-state index in [0.29, 0.717) is 80.7 Å². The minimum absolute atomic E-state index is 0.0285. The van der Waals surface area contributed by atoms with Crippen LogP contribution in [0.5, 0.6) is 0 Å². The van der Waals surface area contributed by atoms with Crippen LogP contribution in [-0.4, -0.2) is 152 Å². The van der Waals surface area contributed by atoms with Crippen LogP contribution in [-0.2, 0) is 93.8 Å². The first-order chi connectivity index (χ1) is 40.6. The summed E-state index contributed by atoms with van der Waals surface area (Å²) in [6, 6.07) is 6.26. The fraction of sp³-hybridized carbons (Fsp3) is 0.421. The predicted molar refractivity (Wildman–Crippen MR) is 291 cm³/mol. The highest BCUT2D eigenvalue weighted by molar-refractivity contribution is 6.15. The fourth-order valence-corrected chi connectivity index (χ4v) is 11.0. The zero-order valence-corrected chi connectivity index (χ0v) is 46.0. The minimum atomic E-state index is -2.08. The van der Waals surface area contributed by atoms with Crippen molar-refractivity contribution in [1.82, 2.24) is 51.7 Å². The number of aliphatic carboxylic acids is 2. The number of carbonyl (C=O) groups is 11. The van der Waals surface area contributed by atoms with Crippen molar-refractivity contribution in [3.8, 4) is 11.4 Å². The molecule has 5 heterocycles. The number of pyridine rings is 2. The van der Waals surface area contributed by atoms with Gasteiger partial charge in [-0.3, -0.25) is 57.6 Å². The first kappa shape index (κ1) is 60.3. The van der Waals surface area contributed by atoms with Gasteiger partial charge in [-0.2, -0.15) is 0 Å². The molecule has 5 aliphatic rings. The molecule has 85 heavy (non-hydrogen) atoms. The lowest BCUT2D eigenvalue weighted by Gasteiger charge is -2.31. The number of esters is 1. The molecular weight excluding hydrogens is 1120 g/mol. The third-order valence-electron chi connectivity index (χ3n) is 15.7. The number of hydrogen-bond acceptors (Lipinski definition) is 17. The minimum Gasteiger partial charge on any atom is -0.481 e. The summed E-state index contributed by atoms with van der Waals surface area (Å²) in [6.07, 6.45) is 1.67. The van der Waals surface area contributed by atoms with Crippen LogP contribution in [0.25, 0.3) is 22.3 Å². The number of cyclic esters (lactones) is 1. The number of halogens is 1. The zero-order chi connectivity index (χ0) is 61.0. The molecule has 4 aromatic rings. The van der Waals surface area contributed by atoms with Crippen LogP contribution < -0.4 is 42.8 Å². The number of nitrogens with zero attached hydrogens (tertiary/aromatic N) is 3. The number of rotatable bonds is 26. The van der Waals surface area contributed by atoms with Crippen LogP contribution >= 0.6 is 0 Å². The Morgan fingerprint density at radius 3 is 2.19 bits per heavy atom. The second-order valence-corrected chi connectivity index (χ2v) is 21.2. The van der Waals surface area contributed by atoms with E-state index in [1.165, 1.54) is 10.6 Å². The molecule has 9 rings (SSSR count). The quantitative estimate of drug-likeness (QED) is 0.0176. The standard InChI is InChI=1S/C57H61FN10O17/c1-3-57(83)33-18-39-49-31(24-67(39)54(79)32(33)25-84-56(57)82)48-35(12-11-30-27(2)34(58)19-37(65-49)47(30)48)66-53(78)50(29-9-10-29)85-26-63-42(70)22-61-51(76)38(17-28-7-5-4-6-8-28)64-43(71)23-60-41(69)21-62-52(77)40(68-44(72)14-15-45(68)73)20-59-36(55(80)81)13-16-46(74)75/h4-8,14-15,18-19,29,35-36,38,40,50,59,83H,3,9-13,16-17,20-26H2,1-2H3,(H,60,69)(H,61,76)(H,62,77)(H,63,70)(H,64,71)(H,66,78)(H,74,75)(H,80,81)/t35-,36?,38-,40?,50-,57-/m0/s1. The molecule has 2 aromatic heterocycles. The lowest BCUT2D eigenvalue weighted by Crippen LogP contribution is -2.57. The highest BCUT2D eigenvalue weighted by Gasteiger charge is 2.47. The molecule has 3 aliphatic heterocycles. The zero-order valence-electron chi connectivity index (χ0n) is 46.0. The number of nitrogens with one attached hydrogen (secondary N) is 7. The summed E-state index contributed by atoms with van der Waals surface area (Å²) >= 11 is 0. The van der Waals surface area contributed by atoms with Gasteiger partial charge >= 0.3 is 17.9 Å². The van der Waals surface area contributed by atoms with E-state index in [4.69, 9.17) is 19.6 Å². The Balaban J connectivity index is 0.795. The van der Waals surface area contributed by atoms with Crippen molar-refractivity contribution < 1.29 is 81.9 Å². The van der Waals surface area contributed by atoms with Gasteiger partial charge in [-0.05, 0) is 79.7 Å². The van der Waals surface area contributed by atoms with Crippen LogP contribution in [0.1, 0.15) is 90.4 Å². The fourth-order valence-electron chi connectivity index (χ4n) is 11.0. The number of aryl methyl sites for hydroxylation is 1. The van der Waals surface area contributed by atoms with Crippen molar-refractivity contribution in [2.75, 3.05) is 32.9 Å². The van der Waals surface area contributed by atoms with Crippen LogP contribution in [0.2, 0.25) is 0 Å². The monoisotopic (exact) mass is 1180 g/mol. The van der Waals surface area contributed by atoms with E-state index in [9.17, 15) is 67.7 Å². The van der Waals surface area contributed by atoms with Crippen molar-refractivity contribution >= 4 is 76.1 Å². The third kappa shape index (κ3) is 12.9. The normalized spacial score (nSPS) is 18.7. The van der Waals surface area contributed by atoms with Gasteiger partial charge in [0.1, 0.15) is 43.4 Å². The highest BCUT2D eigenvalue weighted by Crippen LogP contribution is 2.46. The van der Waals surface area contributed by atoms with Gasteiger partial charge in [0.15, 0.2) is 5.60 Å². The maximum absolute atomic E-state index is 15.5. The maximum atomic E-state index is 15.5. The average molecular weight is 1180 g/mol. The summed E-state index contributed by atoms with van der Waals surface area (Å²) in [7, 11) is 0. The van der Waals surface area contributed by atoms with E-state index < -0.39 is 158 Å². The second kappa shape index (κ2) is 25.3. The van der Waals surface area contributed by atoms with E-state index >= 15 is 4.39 Å². The summed E-state index contributed by atoms with van der Waals surface area (Å²) in [4.78, 5) is 160. The smallest absolute Gasteiger partial charge is 0.343 e. The molecule has 448 valence electrons. The maximum Gasteiger partial charge on any atom is 0.343 e. The van der Waals surface area contributed by atoms with Crippen molar-refractivity contribution in [1.29, 1.82) is 0 Å². The first-order valence-corrected chi connectivity index (χ1v) is 27.5. The molecule has 2 aromatic carbocycles. The molecule has 1 fully saturated rings. The average Bonchev–Trinajstić information content (AvgIpc) is 1.79. The van der Waals surface area contributed by atoms with Gasteiger partial charge < -0.3 is 66.6 Å². The number of hydrogen-bond donors (Lipinski definition) is 10. The Morgan fingerprint density at radius 2 is 1.52 bits per heavy atom. The number of carboxylic acids is 2. The molecule has 6 atom stereocenters. The molecule has 8 amide bonds. The van der Waals surface area contributed by atoms with Gasteiger partial charge in [0.2, 0.25) is 35.4 Å². The van der Waals surface area contributed by atoms with Crippen LogP contribution in [0, 0.1) is 18.7 Å². The molecule has 0 bridgehead atoms. The Kier molecular flexibility index (Phi) is 17.9. The number of benzene rings is 2. The van der Waals surface area contributed by atoms with Crippen molar-refractivity contribution in [2.24, 2.45) is 5.92 Å². The Labute approximate surface area is 482 Å². The Hall–Kier alpha value is -9.28. The highest BCUT2D eigenvalue weighted by atomic mass is 19.1. The van der Waals surface area contributed by atoms with E-state index in [0.717, 1.165) is 12.2 Å². The van der Waals surface area contributed by atoms with Crippen LogP contribution in [0.3, 0.4) is 0 Å². The number of carbonyl (C=O) groups excluding carboxylic acids is 9. The lowest BCUT2D eigenvalue weighted by molar-refractivity contribution is -0.172. The predicted octanol–water partition coefficient (Wildman–Crippen LogP) is -1.22. The van der Waals surface area contributed by atoms with Crippen molar-refractivity contribution in [3.05, 3.63) is 110 Å². The number of carboxylic acid groups (broad SMARTS) is 2. The SMILES string of the molecule is CC[C@@]1(O)C(=O)OCc2c1cc1n(c2=O)Cc2c-1nc1cc(F)c(C)c3c1c2[C@@H](NC(=O)[C@@H](OCNC(=O)CNC(=O)[C@H](Cc1ccccc1)NC(=O)CNC(=O)CNC(=O)C(CNC(CCC(=O)O)C(=O)O)N1C(=O)C=CC1=O)C1CC1)CC3. The van der Waals surface area contributed by atoms with E-state index in [1.54, 1.807) is 50.2 Å². The summed E-state index contributed by atoms with van der Waals surface area (Å²) in [5.41, 5.74) is 1.60. The van der Waals surface area contributed by atoms with Crippen LogP contribution in [0.15, 0.2) is 59.4 Å². The van der Waals surface area contributed by atoms with Crippen molar-refractivity contribution in [3.63, 3.8) is 0 Å². The van der Waals surface area contributed by atoms with Gasteiger partial charge in [-0.15, -0.1) is 0 Å². The summed E-state index contributed by atoms with van der Waals surface area (Å²) in [5, 5.41) is 48.2. The van der Waals surface area contributed by atoms with E-state index in [2.05, 4.69) is 37.2 Å². The summed E-state index contributed by atoms with van der Waals surface area (Å²) in [6.45, 7) is -0.229. The first-order valence-electron chi connectivity index (χ1n) is 27.5. The number of ether oxygens (including phenoxy) is 2. The lowest BCUT2D eigenvalue weighted by atomic mass is 9.81. The summed E-state index contributed by atoms with van der Waals surface area (Å²) in [5.74, 6) is -11.0. The number of aliphatic hydroxyl groups is 1. The molecule has 1 saturated carbocycles. The number of imide groups is 1. The van der Waals surface area contributed by atoms with Gasteiger partial charge in [0, 0.05) is 54.1 Å². The Bertz CT molecular complexity index is 3530. The second-order valence-electron chi connectivity index (χ2n) is 21.2. The molecule has 10 N–H and O–H groups in total. The van der Waals surface area contributed by atoms with Crippen molar-refractivity contribution in [2.45, 2.75) is 114 Å². The van der Waals surface area contributed by atoms with E-state index in [-0.39, 0.29) is 43.0 Å². The van der Waals surface area contributed by atoms with Crippen LogP contribution in [0.4, 0.5) is 4.39 Å². The molecule has 2 unspecified atom stereocenters. The molecule has 0 saturated heterocycles. The number of amides is 8. The largest absolute Gasteiger partial charge is 0.481 e. The molecule has 27 nitrogen and oxygen atoms in total. The van der Waals surface area contributed by atoms with Gasteiger partial charge in [-0.25, -0.2) is 14.2 Å². The number of fused-ring (bicyclic) bond motifs is 5. The van der Waals surface area contributed by atoms with Gasteiger partial charge in [0.25, 0.3) is 17.4 Å². The molecule has 0 radical (unpaired) electrons. The van der Waals surface area contributed by atoms with Gasteiger partial charge in [-0.1, -0.05) is 37.3 Å². The third-order valence-corrected chi connectivity index (χ3v) is 15.7. The van der Waals surface area contributed by atoms with E-state index in [1.807, 2.05) is 0 Å². The Morgan fingerprint density at radius 1 is 0.835 bits per heavy atom. The van der Waals surface area contributed by atoms with Gasteiger partial charge in [0.05, 0.1) is 54.7 Å². The topological polar surface area (TPSA) is 389 Å². The molecule has 2 aliphatic carbocycles. The number of aromatic nitrogens is 2. The summed E-state index contributed by atoms with van der Waals surface area (Å²) < 4.78 is 28.3. The molecular formula is C57H61FN10O17.